The van der Waals surface area contributed by atoms with Crippen molar-refractivity contribution in [3.8, 4) is 5.75 Å². The summed E-state index contributed by atoms with van der Waals surface area (Å²) < 4.78 is 54.8. The minimum absolute atomic E-state index is 0.0106. The van der Waals surface area contributed by atoms with Crippen molar-refractivity contribution in [1.29, 1.82) is 0 Å². The molecule has 0 spiro atoms. The lowest BCUT2D eigenvalue weighted by molar-refractivity contribution is -0.117. The molecule has 2 heterocycles. The standard InChI is InChI=1S/C28H31N7O6S/c1-29-28(38)24-22(16-23(33-34-24)32-26(36)17-8-9-17)31-21-7-5-6-20(25(21)41-2)27(37)30-18-10-12-19(13-11-18)42(39,40)35-14-3-4-15-35/h5-7,10-13,16-17H,3-4,8-9,14-15H2,1-2H3,(H,29,38)(H,30,37)(H2,31,32,33,36)/i1D3. The molecule has 2 aromatic carbocycles. The molecule has 2 fully saturated rings. The van der Waals surface area contributed by atoms with Crippen LogP contribution in [0.2, 0.25) is 0 Å². The van der Waals surface area contributed by atoms with Crippen LogP contribution in [0.15, 0.2) is 53.4 Å². The highest BCUT2D eigenvalue weighted by atomic mass is 32.2. The second-order valence-corrected chi connectivity index (χ2v) is 11.7. The van der Waals surface area contributed by atoms with Crippen molar-refractivity contribution in [2.45, 2.75) is 30.6 Å². The van der Waals surface area contributed by atoms with Gasteiger partial charge in [0, 0.05) is 41.8 Å². The van der Waals surface area contributed by atoms with E-state index < -0.39 is 28.8 Å². The second kappa shape index (κ2) is 12.1. The van der Waals surface area contributed by atoms with Crippen molar-refractivity contribution in [1.82, 2.24) is 19.8 Å². The first kappa shape index (κ1) is 25.2. The van der Waals surface area contributed by atoms with Crippen LogP contribution in [0.25, 0.3) is 0 Å². The molecular weight excluding hydrogens is 562 g/mol. The van der Waals surface area contributed by atoms with E-state index in [1.807, 2.05) is 5.32 Å². The molecule has 1 saturated carbocycles. The summed E-state index contributed by atoms with van der Waals surface area (Å²) in [5, 5.41) is 17.9. The summed E-state index contributed by atoms with van der Waals surface area (Å²) in [6, 6.07) is 11.8. The number of amides is 3. The minimum atomic E-state index is -3.61. The Labute approximate surface area is 247 Å². The number of aromatic nitrogens is 2. The number of rotatable bonds is 10. The van der Waals surface area contributed by atoms with E-state index in [1.165, 1.54) is 47.8 Å². The van der Waals surface area contributed by atoms with Crippen molar-refractivity contribution in [2.24, 2.45) is 5.92 Å². The van der Waals surface area contributed by atoms with Crippen LogP contribution in [-0.4, -0.2) is 67.8 Å². The van der Waals surface area contributed by atoms with Gasteiger partial charge in [0.15, 0.2) is 17.3 Å². The molecule has 1 aliphatic heterocycles. The maximum Gasteiger partial charge on any atom is 0.273 e. The quantitative estimate of drug-likeness (QED) is 0.275. The van der Waals surface area contributed by atoms with Gasteiger partial charge in [-0.05, 0) is 62.1 Å². The molecule has 0 unspecified atom stereocenters. The molecule has 14 heteroatoms. The van der Waals surface area contributed by atoms with Crippen molar-refractivity contribution in [3.05, 3.63) is 59.8 Å². The smallest absolute Gasteiger partial charge is 0.273 e. The zero-order valence-corrected chi connectivity index (χ0v) is 23.5. The summed E-state index contributed by atoms with van der Waals surface area (Å²) in [4.78, 5) is 38.5. The Morgan fingerprint density at radius 1 is 0.976 bits per heavy atom. The third kappa shape index (κ3) is 6.19. The van der Waals surface area contributed by atoms with E-state index in [1.54, 1.807) is 12.1 Å². The number of carbonyl (C=O) groups excluding carboxylic acids is 3. The van der Waals surface area contributed by atoms with Gasteiger partial charge in [-0.15, -0.1) is 10.2 Å². The van der Waals surface area contributed by atoms with E-state index in [2.05, 4.69) is 26.1 Å². The molecule has 0 bridgehead atoms. The van der Waals surface area contributed by atoms with Gasteiger partial charge in [0.1, 0.15) is 0 Å². The molecule has 13 nitrogen and oxygen atoms in total. The van der Waals surface area contributed by atoms with Gasteiger partial charge in [-0.25, -0.2) is 8.42 Å². The fourth-order valence-corrected chi connectivity index (χ4v) is 6.03. The molecule has 5 rings (SSSR count). The van der Waals surface area contributed by atoms with Crippen LogP contribution in [0, 0.1) is 5.92 Å². The summed E-state index contributed by atoms with van der Waals surface area (Å²) in [7, 11) is -2.28. The number of sulfonamides is 1. The number of anilines is 4. The van der Waals surface area contributed by atoms with Crippen LogP contribution in [-0.2, 0) is 14.8 Å². The number of methoxy groups -OCH3 is 1. The van der Waals surface area contributed by atoms with Crippen molar-refractivity contribution >= 4 is 50.6 Å². The molecule has 1 aromatic heterocycles. The first-order valence-corrected chi connectivity index (χ1v) is 14.7. The first-order chi connectivity index (χ1) is 21.4. The Kier molecular flexibility index (Phi) is 7.27. The summed E-state index contributed by atoms with van der Waals surface area (Å²) in [5.41, 5.74) is 0.264. The predicted octanol–water partition coefficient (Wildman–Crippen LogP) is 2.97. The number of ether oxygens (including phenoxy) is 1. The molecule has 3 aromatic rings. The molecule has 0 atom stereocenters. The number of carbonyl (C=O) groups is 3. The van der Waals surface area contributed by atoms with E-state index in [-0.39, 0.29) is 50.9 Å². The number of hydrogen-bond donors (Lipinski definition) is 4. The lowest BCUT2D eigenvalue weighted by atomic mass is 10.1. The molecule has 4 N–H and O–H groups in total. The van der Waals surface area contributed by atoms with Crippen molar-refractivity contribution in [3.63, 3.8) is 0 Å². The zero-order valence-electron chi connectivity index (χ0n) is 25.6. The number of para-hydroxylation sites is 1. The number of benzene rings is 2. The summed E-state index contributed by atoms with van der Waals surface area (Å²) in [5.74, 6) is -1.91. The highest BCUT2D eigenvalue weighted by molar-refractivity contribution is 7.89. The van der Waals surface area contributed by atoms with Gasteiger partial charge in [0.05, 0.1) is 28.9 Å². The zero-order chi connectivity index (χ0) is 32.4. The Hall–Kier alpha value is -4.56. The Morgan fingerprint density at radius 2 is 1.71 bits per heavy atom. The Morgan fingerprint density at radius 3 is 2.38 bits per heavy atom. The van der Waals surface area contributed by atoms with E-state index in [0.717, 1.165) is 25.7 Å². The molecule has 0 radical (unpaired) electrons. The van der Waals surface area contributed by atoms with E-state index in [0.29, 0.717) is 18.8 Å². The van der Waals surface area contributed by atoms with Crippen LogP contribution in [0.5, 0.6) is 5.75 Å². The summed E-state index contributed by atoms with van der Waals surface area (Å²) in [6.07, 6.45) is 3.13. The van der Waals surface area contributed by atoms with Crippen LogP contribution >= 0.6 is 0 Å². The Bertz CT molecular complexity index is 1730. The van der Waals surface area contributed by atoms with Gasteiger partial charge < -0.3 is 26.0 Å². The number of nitrogens with zero attached hydrogens (tertiary/aromatic N) is 3. The summed E-state index contributed by atoms with van der Waals surface area (Å²) >= 11 is 0. The van der Waals surface area contributed by atoms with Gasteiger partial charge in [-0.2, -0.15) is 4.31 Å². The van der Waals surface area contributed by atoms with Crippen molar-refractivity contribution in [2.75, 3.05) is 43.1 Å². The van der Waals surface area contributed by atoms with Gasteiger partial charge in [0.25, 0.3) is 11.8 Å². The van der Waals surface area contributed by atoms with Crippen LogP contribution in [0.3, 0.4) is 0 Å². The largest absolute Gasteiger partial charge is 0.494 e. The highest BCUT2D eigenvalue weighted by Gasteiger charge is 2.30. The monoisotopic (exact) mass is 596 g/mol. The van der Waals surface area contributed by atoms with Gasteiger partial charge in [0.2, 0.25) is 15.9 Å². The SMILES string of the molecule is [2H]C([2H])([2H])NC(=O)c1nnc(NC(=O)C2CC2)cc1Nc1cccc(C(=O)Nc2ccc(S(=O)(=O)N3CCCC3)cc2)c1OC. The predicted molar refractivity (Wildman–Crippen MR) is 155 cm³/mol. The average molecular weight is 597 g/mol. The third-order valence-electron chi connectivity index (χ3n) is 6.87. The topological polar surface area (TPSA) is 172 Å². The van der Waals surface area contributed by atoms with E-state index in [4.69, 9.17) is 8.85 Å². The normalized spacial score (nSPS) is 16.5. The minimum Gasteiger partial charge on any atom is -0.494 e. The maximum atomic E-state index is 13.3. The second-order valence-electron chi connectivity index (χ2n) is 9.81. The highest BCUT2D eigenvalue weighted by Crippen LogP contribution is 2.34. The van der Waals surface area contributed by atoms with Gasteiger partial charge in [-0.1, -0.05) is 6.07 Å². The lowest BCUT2D eigenvalue weighted by Gasteiger charge is -2.17. The molecule has 1 aliphatic carbocycles. The van der Waals surface area contributed by atoms with Crippen LogP contribution in [0.1, 0.15) is 50.6 Å². The molecule has 3 amide bonds. The fourth-order valence-electron chi connectivity index (χ4n) is 4.51. The number of nitrogens with one attached hydrogen (secondary N) is 4. The van der Waals surface area contributed by atoms with Gasteiger partial charge >= 0.3 is 0 Å². The summed E-state index contributed by atoms with van der Waals surface area (Å²) in [6.45, 7) is -1.85. The maximum absolute atomic E-state index is 13.3. The molecular formula is C28H31N7O6S. The molecule has 42 heavy (non-hydrogen) atoms. The van der Waals surface area contributed by atoms with Crippen LogP contribution < -0.4 is 26.0 Å². The molecule has 1 saturated heterocycles. The first-order valence-electron chi connectivity index (χ1n) is 14.7. The average Bonchev–Trinajstić information content (AvgIpc) is 3.69. The van der Waals surface area contributed by atoms with E-state index >= 15 is 0 Å². The van der Waals surface area contributed by atoms with Crippen molar-refractivity contribution < 1.29 is 31.7 Å². The molecule has 2 aliphatic rings. The van der Waals surface area contributed by atoms with E-state index in [9.17, 15) is 22.8 Å². The molecule has 220 valence electrons. The number of hydrogen-bond acceptors (Lipinski definition) is 9. The third-order valence-corrected chi connectivity index (χ3v) is 8.78. The van der Waals surface area contributed by atoms with Gasteiger partial charge in [-0.3, -0.25) is 14.4 Å². The Balaban J connectivity index is 1.39. The fraction of sp³-hybridized carbons (Fsp3) is 0.321. The van der Waals surface area contributed by atoms with Crippen LogP contribution in [0.4, 0.5) is 22.9 Å². The lowest BCUT2D eigenvalue weighted by Crippen LogP contribution is -2.27.